The third-order valence-corrected chi connectivity index (χ3v) is 5.97. The Bertz CT molecular complexity index is 453. The van der Waals surface area contributed by atoms with Crippen molar-refractivity contribution in [2.24, 2.45) is 36.5 Å². The van der Waals surface area contributed by atoms with Gasteiger partial charge in [0.2, 0.25) is 0 Å². The van der Waals surface area contributed by atoms with Crippen molar-refractivity contribution in [2.75, 3.05) is 6.61 Å². The number of rotatable bonds is 4. The van der Waals surface area contributed by atoms with E-state index in [0.29, 0.717) is 12.7 Å². The molecule has 4 aliphatic carbocycles. The molecule has 1 unspecified atom stereocenters. The molecule has 1 aromatic heterocycles. The Morgan fingerprint density at radius 1 is 1.20 bits per heavy atom. The van der Waals surface area contributed by atoms with Crippen LogP contribution >= 0.6 is 0 Å². The van der Waals surface area contributed by atoms with Gasteiger partial charge in [-0.2, -0.15) is 0 Å². The number of aromatic nitrogens is 1. The number of hydrogen-bond donors (Lipinski definition) is 1. The molecule has 110 valence electrons. The lowest BCUT2D eigenvalue weighted by Gasteiger charge is -2.54. The van der Waals surface area contributed by atoms with Gasteiger partial charge in [-0.15, -0.1) is 0 Å². The zero-order chi connectivity index (χ0) is 13.7. The molecule has 5 rings (SSSR count). The molecule has 3 heteroatoms. The second kappa shape index (κ2) is 4.88. The number of hydrogen-bond acceptors (Lipinski definition) is 2. The quantitative estimate of drug-likeness (QED) is 0.917. The van der Waals surface area contributed by atoms with Gasteiger partial charge in [0.1, 0.15) is 0 Å². The van der Waals surface area contributed by atoms with Crippen molar-refractivity contribution < 1.29 is 4.74 Å². The highest BCUT2D eigenvalue weighted by Gasteiger charge is 2.48. The van der Waals surface area contributed by atoms with Crippen molar-refractivity contribution >= 4 is 0 Å². The maximum absolute atomic E-state index is 6.32. The van der Waals surface area contributed by atoms with Crippen LogP contribution in [0.25, 0.3) is 0 Å². The zero-order valence-electron chi connectivity index (χ0n) is 12.4. The Balaban J connectivity index is 1.39. The summed E-state index contributed by atoms with van der Waals surface area (Å²) in [7, 11) is 2.05. The normalized spacial score (nSPS) is 40.2. The van der Waals surface area contributed by atoms with E-state index in [9.17, 15) is 0 Å². The van der Waals surface area contributed by atoms with Crippen LogP contribution in [0.3, 0.4) is 0 Å². The lowest BCUT2D eigenvalue weighted by molar-refractivity contribution is -0.128. The van der Waals surface area contributed by atoms with Crippen LogP contribution in [0.4, 0.5) is 0 Å². The highest BCUT2D eigenvalue weighted by atomic mass is 16.5. The average molecular weight is 274 g/mol. The lowest BCUT2D eigenvalue weighted by atomic mass is 9.55. The van der Waals surface area contributed by atoms with E-state index >= 15 is 0 Å². The standard InChI is InChI=1S/C17H26N2O/c1-19-4-2-3-16(19)15(18)10-20-17-13-6-11-5-12(8-13)9-14(17)7-11/h2-4,11-15,17H,5-10,18H2,1H3. The Morgan fingerprint density at radius 2 is 1.85 bits per heavy atom. The van der Waals surface area contributed by atoms with E-state index in [-0.39, 0.29) is 6.04 Å². The van der Waals surface area contributed by atoms with Crippen molar-refractivity contribution in [1.82, 2.24) is 4.57 Å². The smallest absolute Gasteiger partial charge is 0.0687 e. The van der Waals surface area contributed by atoms with E-state index in [4.69, 9.17) is 10.5 Å². The van der Waals surface area contributed by atoms with Crippen LogP contribution in [0.15, 0.2) is 18.3 Å². The summed E-state index contributed by atoms with van der Waals surface area (Å²) in [5.41, 5.74) is 7.47. The van der Waals surface area contributed by atoms with Gasteiger partial charge in [-0.05, 0) is 67.9 Å². The highest BCUT2D eigenvalue weighted by Crippen LogP contribution is 2.54. The first kappa shape index (κ1) is 12.9. The Labute approximate surface area is 121 Å². The van der Waals surface area contributed by atoms with E-state index in [1.165, 1.54) is 37.8 Å². The van der Waals surface area contributed by atoms with Crippen molar-refractivity contribution in [2.45, 2.75) is 44.2 Å². The van der Waals surface area contributed by atoms with Crippen LogP contribution in [0.2, 0.25) is 0 Å². The van der Waals surface area contributed by atoms with Crippen molar-refractivity contribution in [3.8, 4) is 0 Å². The first-order chi connectivity index (χ1) is 9.70. The van der Waals surface area contributed by atoms with Crippen LogP contribution in [0.1, 0.15) is 43.8 Å². The third kappa shape index (κ3) is 2.11. The molecule has 2 N–H and O–H groups in total. The minimum absolute atomic E-state index is 0.00666. The first-order valence-electron chi connectivity index (χ1n) is 8.19. The fourth-order valence-electron chi connectivity index (χ4n) is 5.31. The topological polar surface area (TPSA) is 40.2 Å². The SMILES string of the molecule is Cn1cccc1C(N)COC1C2CC3CC(C2)CC1C3. The number of aryl methyl sites for hydroxylation is 1. The maximum atomic E-state index is 6.32. The molecule has 20 heavy (non-hydrogen) atoms. The van der Waals surface area contributed by atoms with Gasteiger partial charge >= 0.3 is 0 Å². The molecule has 0 aliphatic heterocycles. The molecule has 4 saturated carbocycles. The molecule has 4 aliphatic rings. The fourth-order valence-corrected chi connectivity index (χ4v) is 5.31. The number of nitrogens with two attached hydrogens (primary N) is 1. The van der Waals surface area contributed by atoms with E-state index in [1.54, 1.807) is 0 Å². The van der Waals surface area contributed by atoms with Crippen molar-refractivity contribution in [3.63, 3.8) is 0 Å². The van der Waals surface area contributed by atoms with Crippen molar-refractivity contribution in [1.29, 1.82) is 0 Å². The average Bonchev–Trinajstić information content (AvgIpc) is 2.83. The largest absolute Gasteiger partial charge is 0.376 e. The molecule has 4 fully saturated rings. The Hall–Kier alpha value is -0.800. The van der Waals surface area contributed by atoms with Gasteiger partial charge in [0.05, 0.1) is 18.8 Å². The lowest BCUT2D eigenvalue weighted by Crippen LogP contribution is -2.49. The summed E-state index contributed by atoms with van der Waals surface area (Å²) in [5, 5.41) is 0. The summed E-state index contributed by atoms with van der Waals surface area (Å²) >= 11 is 0. The number of nitrogens with zero attached hydrogens (tertiary/aromatic N) is 1. The van der Waals surface area contributed by atoms with Gasteiger partial charge in [0, 0.05) is 18.9 Å². The summed E-state index contributed by atoms with van der Waals surface area (Å²) in [5.74, 6) is 3.68. The van der Waals surface area contributed by atoms with Gasteiger partial charge < -0.3 is 15.0 Å². The minimum atomic E-state index is 0.00666. The van der Waals surface area contributed by atoms with E-state index in [0.717, 1.165) is 23.7 Å². The summed E-state index contributed by atoms with van der Waals surface area (Å²) in [6, 6.07) is 4.16. The molecule has 1 heterocycles. The van der Waals surface area contributed by atoms with Gasteiger partial charge in [-0.3, -0.25) is 0 Å². The summed E-state index contributed by atoms with van der Waals surface area (Å²) in [6.07, 6.45) is 9.71. The molecular formula is C17H26N2O. The monoisotopic (exact) mass is 274 g/mol. The zero-order valence-corrected chi connectivity index (χ0v) is 12.4. The molecule has 4 bridgehead atoms. The molecule has 0 aromatic carbocycles. The third-order valence-electron chi connectivity index (χ3n) is 5.97. The van der Waals surface area contributed by atoms with Crippen LogP contribution in [-0.2, 0) is 11.8 Å². The van der Waals surface area contributed by atoms with Crippen LogP contribution in [-0.4, -0.2) is 17.3 Å². The van der Waals surface area contributed by atoms with E-state index in [1.807, 2.05) is 0 Å². The molecule has 1 atom stereocenters. The molecular weight excluding hydrogens is 248 g/mol. The molecule has 0 spiro atoms. The molecule has 0 radical (unpaired) electrons. The number of ether oxygens (including phenoxy) is 1. The van der Waals surface area contributed by atoms with Gasteiger partial charge in [0.15, 0.2) is 0 Å². The van der Waals surface area contributed by atoms with Gasteiger partial charge in [0.25, 0.3) is 0 Å². The van der Waals surface area contributed by atoms with Crippen molar-refractivity contribution in [3.05, 3.63) is 24.0 Å². The summed E-state index contributed by atoms with van der Waals surface area (Å²) in [4.78, 5) is 0. The fraction of sp³-hybridized carbons (Fsp3) is 0.765. The van der Waals surface area contributed by atoms with E-state index < -0.39 is 0 Å². The maximum Gasteiger partial charge on any atom is 0.0687 e. The minimum Gasteiger partial charge on any atom is -0.376 e. The first-order valence-corrected chi connectivity index (χ1v) is 8.19. The van der Waals surface area contributed by atoms with Crippen LogP contribution < -0.4 is 5.73 Å². The highest BCUT2D eigenvalue weighted by molar-refractivity contribution is 5.11. The van der Waals surface area contributed by atoms with Crippen LogP contribution in [0.5, 0.6) is 0 Å². The molecule has 0 saturated heterocycles. The second-order valence-corrected chi connectivity index (χ2v) is 7.38. The summed E-state index contributed by atoms with van der Waals surface area (Å²) in [6.45, 7) is 0.671. The predicted octanol–water partition coefficient (Wildman–Crippen LogP) is 2.87. The molecule has 1 aromatic rings. The van der Waals surface area contributed by atoms with Gasteiger partial charge in [-0.1, -0.05) is 0 Å². The molecule has 3 nitrogen and oxygen atoms in total. The Kier molecular flexibility index (Phi) is 3.15. The molecule has 0 amide bonds. The van der Waals surface area contributed by atoms with E-state index in [2.05, 4.69) is 29.9 Å². The predicted molar refractivity (Wildman–Crippen MR) is 79.1 cm³/mol. The van der Waals surface area contributed by atoms with Crippen LogP contribution in [0, 0.1) is 23.7 Å². The Morgan fingerprint density at radius 3 is 2.40 bits per heavy atom. The summed E-state index contributed by atoms with van der Waals surface area (Å²) < 4.78 is 8.42. The van der Waals surface area contributed by atoms with Gasteiger partial charge in [-0.25, -0.2) is 0 Å². The second-order valence-electron chi connectivity index (χ2n) is 7.38.